The van der Waals surface area contributed by atoms with Crippen molar-refractivity contribution in [2.24, 2.45) is 5.92 Å². The number of carboxylic acids is 1. The Morgan fingerprint density at radius 3 is 2.52 bits per heavy atom. The number of carboxylic acid groups (broad SMARTS) is 1. The van der Waals surface area contributed by atoms with Crippen molar-refractivity contribution in [3.05, 3.63) is 29.3 Å². The first-order chi connectivity index (χ1) is 9.82. The molecular weight excluding hydrogens is 270 g/mol. The topological polar surface area (TPSA) is 75.6 Å². The molecule has 1 aliphatic heterocycles. The number of hydrogen-bond donors (Lipinski definition) is 2. The quantitative estimate of drug-likeness (QED) is 0.893. The van der Waals surface area contributed by atoms with Crippen molar-refractivity contribution in [1.82, 2.24) is 5.32 Å². The van der Waals surface area contributed by atoms with E-state index in [1.165, 1.54) is 0 Å². The Kier molecular flexibility index (Phi) is 4.21. The van der Waals surface area contributed by atoms with Gasteiger partial charge in [-0.2, -0.15) is 0 Å². The summed E-state index contributed by atoms with van der Waals surface area (Å²) in [5.74, 6) is -0.846. The van der Waals surface area contributed by atoms with Gasteiger partial charge in [0.1, 0.15) is 17.9 Å². The molecule has 1 heterocycles. The number of ether oxygens (including phenoxy) is 1. The van der Waals surface area contributed by atoms with E-state index in [2.05, 4.69) is 5.32 Å². The molecule has 0 saturated carbocycles. The number of amides is 1. The lowest BCUT2D eigenvalue weighted by atomic mass is 9.96. The zero-order valence-electron chi connectivity index (χ0n) is 12.7. The van der Waals surface area contributed by atoms with E-state index in [9.17, 15) is 14.7 Å². The summed E-state index contributed by atoms with van der Waals surface area (Å²) in [6.45, 7) is 7.52. The highest BCUT2D eigenvalue weighted by atomic mass is 16.5. The van der Waals surface area contributed by atoms with Gasteiger partial charge in [0.15, 0.2) is 0 Å². The van der Waals surface area contributed by atoms with E-state index in [1.54, 1.807) is 26.0 Å². The first kappa shape index (κ1) is 15.4. The molecule has 0 bridgehead atoms. The van der Waals surface area contributed by atoms with Crippen LogP contribution in [0.5, 0.6) is 5.75 Å². The van der Waals surface area contributed by atoms with Crippen molar-refractivity contribution >= 4 is 11.9 Å². The minimum Gasteiger partial charge on any atom is -0.489 e. The van der Waals surface area contributed by atoms with Crippen LogP contribution in [0.25, 0.3) is 0 Å². The highest BCUT2D eigenvalue weighted by Crippen LogP contribution is 2.40. The first-order valence-corrected chi connectivity index (χ1v) is 7.16. The predicted molar refractivity (Wildman–Crippen MR) is 78.7 cm³/mol. The fraction of sp³-hybridized carbons (Fsp3) is 0.500. The van der Waals surface area contributed by atoms with E-state index in [4.69, 9.17) is 4.74 Å². The summed E-state index contributed by atoms with van der Waals surface area (Å²) in [4.78, 5) is 23.6. The Hall–Kier alpha value is -2.04. The molecule has 5 heteroatoms. The summed E-state index contributed by atoms with van der Waals surface area (Å²) in [5, 5.41) is 11.7. The van der Waals surface area contributed by atoms with E-state index < -0.39 is 17.9 Å². The number of fused-ring (bicyclic) bond motifs is 1. The van der Waals surface area contributed by atoms with Crippen LogP contribution in [0.15, 0.2) is 18.2 Å². The van der Waals surface area contributed by atoms with Crippen LogP contribution >= 0.6 is 0 Å². The molecule has 2 N–H and O–H groups in total. The van der Waals surface area contributed by atoms with Crippen molar-refractivity contribution < 1.29 is 19.4 Å². The third-order valence-corrected chi connectivity index (χ3v) is 4.01. The number of hydrogen-bond acceptors (Lipinski definition) is 3. The molecule has 0 saturated heterocycles. The summed E-state index contributed by atoms with van der Waals surface area (Å²) < 4.78 is 5.77. The van der Waals surface area contributed by atoms with Crippen molar-refractivity contribution in [1.29, 1.82) is 0 Å². The summed E-state index contributed by atoms with van der Waals surface area (Å²) in [6.07, 6.45) is 0.00863. The molecule has 21 heavy (non-hydrogen) atoms. The molecule has 5 nitrogen and oxygen atoms in total. The Labute approximate surface area is 124 Å². The second-order valence-electron chi connectivity index (χ2n) is 5.87. The molecule has 0 aliphatic carbocycles. The van der Waals surface area contributed by atoms with Crippen molar-refractivity contribution in [2.75, 3.05) is 0 Å². The molecule has 1 amide bonds. The normalized spacial score (nSPS) is 21.6. The Balaban J connectivity index is 2.28. The maximum absolute atomic E-state index is 12.4. The molecule has 3 atom stereocenters. The summed E-state index contributed by atoms with van der Waals surface area (Å²) in [6, 6.07) is 4.50. The largest absolute Gasteiger partial charge is 0.489 e. The average molecular weight is 291 g/mol. The van der Waals surface area contributed by atoms with Crippen molar-refractivity contribution in [2.45, 2.75) is 45.8 Å². The Morgan fingerprint density at radius 1 is 1.29 bits per heavy atom. The predicted octanol–water partition coefficient (Wildman–Crippen LogP) is 2.41. The number of benzene rings is 1. The molecular formula is C16H21NO4. The molecule has 1 aromatic carbocycles. The van der Waals surface area contributed by atoms with Gasteiger partial charge in [0.2, 0.25) is 0 Å². The fourth-order valence-electron chi connectivity index (χ4n) is 2.50. The molecule has 1 aromatic rings. The molecule has 3 unspecified atom stereocenters. The summed E-state index contributed by atoms with van der Waals surface area (Å²) in [7, 11) is 0. The number of nitrogens with one attached hydrogen (secondary N) is 1. The second kappa shape index (κ2) is 5.76. The van der Waals surface area contributed by atoms with Crippen LogP contribution in [-0.2, 0) is 4.79 Å². The number of aliphatic carboxylic acids is 1. The second-order valence-corrected chi connectivity index (χ2v) is 5.87. The van der Waals surface area contributed by atoms with Crippen LogP contribution in [0.4, 0.5) is 0 Å². The van der Waals surface area contributed by atoms with Crippen LogP contribution in [0.2, 0.25) is 0 Å². The zero-order valence-corrected chi connectivity index (χ0v) is 12.7. The highest BCUT2D eigenvalue weighted by molar-refractivity contribution is 5.99. The highest BCUT2D eigenvalue weighted by Gasteiger charge is 2.32. The van der Waals surface area contributed by atoms with Crippen LogP contribution in [0.3, 0.4) is 0 Å². The fourth-order valence-corrected chi connectivity index (χ4v) is 2.50. The van der Waals surface area contributed by atoms with Gasteiger partial charge in [0, 0.05) is 11.5 Å². The average Bonchev–Trinajstić information content (AvgIpc) is 2.70. The summed E-state index contributed by atoms with van der Waals surface area (Å²) in [5.41, 5.74) is 1.39. The Morgan fingerprint density at radius 2 is 1.95 bits per heavy atom. The maximum Gasteiger partial charge on any atom is 0.326 e. The van der Waals surface area contributed by atoms with Gasteiger partial charge in [0.05, 0.1) is 5.56 Å². The van der Waals surface area contributed by atoms with E-state index >= 15 is 0 Å². The van der Waals surface area contributed by atoms with Crippen molar-refractivity contribution in [3.63, 3.8) is 0 Å². The van der Waals surface area contributed by atoms with Crippen LogP contribution < -0.4 is 10.1 Å². The van der Waals surface area contributed by atoms with E-state index in [-0.39, 0.29) is 17.9 Å². The van der Waals surface area contributed by atoms with Gasteiger partial charge in [-0.1, -0.05) is 32.9 Å². The molecule has 0 radical (unpaired) electrons. The van der Waals surface area contributed by atoms with Gasteiger partial charge < -0.3 is 15.2 Å². The smallest absolute Gasteiger partial charge is 0.326 e. The number of para-hydroxylation sites is 1. The zero-order chi connectivity index (χ0) is 15.7. The lowest BCUT2D eigenvalue weighted by molar-refractivity contribution is -0.140. The number of carbonyl (C=O) groups excluding carboxylic acids is 1. The Bertz CT molecular complexity index is 567. The number of rotatable bonds is 4. The van der Waals surface area contributed by atoms with E-state index in [0.717, 1.165) is 5.56 Å². The van der Waals surface area contributed by atoms with Gasteiger partial charge in [-0.15, -0.1) is 0 Å². The maximum atomic E-state index is 12.4. The molecule has 0 spiro atoms. The molecule has 0 fully saturated rings. The van der Waals surface area contributed by atoms with Crippen molar-refractivity contribution in [3.8, 4) is 5.75 Å². The van der Waals surface area contributed by atoms with Gasteiger partial charge in [-0.25, -0.2) is 4.79 Å². The summed E-state index contributed by atoms with van der Waals surface area (Å²) >= 11 is 0. The minimum atomic E-state index is -1.03. The lowest BCUT2D eigenvalue weighted by Crippen LogP contribution is -2.44. The monoisotopic (exact) mass is 291 g/mol. The SMILES string of the molecule is CC(C)C(NC(=O)c1cccc2c1OC(C)C2C)C(=O)O. The molecule has 2 rings (SSSR count). The lowest BCUT2D eigenvalue weighted by Gasteiger charge is -2.18. The van der Waals surface area contributed by atoms with Crippen LogP contribution in [0.1, 0.15) is 49.5 Å². The minimum absolute atomic E-state index is 0.00863. The molecule has 114 valence electrons. The van der Waals surface area contributed by atoms with Gasteiger partial charge in [0.25, 0.3) is 5.91 Å². The molecule has 0 aromatic heterocycles. The number of carbonyl (C=O) groups is 2. The van der Waals surface area contributed by atoms with Gasteiger partial charge in [-0.05, 0) is 18.9 Å². The standard InChI is InChI=1S/C16H21NO4/c1-8(2)13(16(19)20)17-15(18)12-7-5-6-11-9(3)10(4)21-14(11)12/h5-10,13H,1-4H3,(H,17,18)(H,19,20). The molecule has 1 aliphatic rings. The van der Waals surface area contributed by atoms with Gasteiger partial charge >= 0.3 is 5.97 Å². The third-order valence-electron chi connectivity index (χ3n) is 4.01. The third kappa shape index (κ3) is 2.86. The van der Waals surface area contributed by atoms with E-state index in [1.807, 2.05) is 19.9 Å². The van der Waals surface area contributed by atoms with Gasteiger partial charge in [-0.3, -0.25) is 4.79 Å². The van der Waals surface area contributed by atoms with Crippen LogP contribution in [0, 0.1) is 5.92 Å². The van der Waals surface area contributed by atoms with E-state index in [0.29, 0.717) is 11.3 Å². The van der Waals surface area contributed by atoms with Crippen LogP contribution in [-0.4, -0.2) is 29.1 Å². The first-order valence-electron chi connectivity index (χ1n) is 7.16.